The van der Waals surface area contributed by atoms with Gasteiger partial charge < -0.3 is 4.98 Å². The minimum Gasteiger partial charge on any atom is -0.309 e. The lowest BCUT2D eigenvalue weighted by Gasteiger charge is -2.18. The smallest absolute Gasteiger partial charge is 0.259 e. The van der Waals surface area contributed by atoms with Crippen LogP contribution in [0.3, 0.4) is 0 Å². The molecule has 0 amide bonds. The molecule has 0 aliphatic heterocycles. The van der Waals surface area contributed by atoms with Gasteiger partial charge in [-0.1, -0.05) is 25.3 Å². The molecule has 3 heterocycles. The molecule has 1 aliphatic carbocycles. The van der Waals surface area contributed by atoms with Gasteiger partial charge in [0.15, 0.2) is 0 Å². The van der Waals surface area contributed by atoms with Gasteiger partial charge in [-0.2, -0.15) is 0 Å². The van der Waals surface area contributed by atoms with E-state index in [1.165, 1.54) is 42.4 Å². The van der Waals surface area contributed by atoms with Gasteiger partial charge in [0.25, 0.3) is 5.56 Å². The van der Waals surface area contributed by atoms with Crippen LogP contribution in [0.15, 0.2) is 34.2 Å². The molecule has 3 aromatic rings. The van der Waals surface area contributed by atoms with E-state index < -0.39 is 0 Å². The summed E-state index contributed by atoms with van der Waals surface area (Å²) < 4.78 is 1.66. The molecule has 1 N–H and O–H groups in total. The number of thiophene rings is 1. The van der Waals surface area contributed by atoms with E-state index in [-0.39, 0.29) is 16.7 Å². The van der Waals surface area contributed by atoms with E-state index in [1.807, 2.05) is 39.0 Å². The third-order valence-corrected chi connectivity index (χ3v) is 8.11. The van der Waals surface area contributed by atoms with Crippen LogP contribution in [0.4, 0.5) is 0 Å². The normalized spacial score (nSPS) is 16.7. The van der Waals surface area contributed by atoms with Crippen molar-refractivity contribution in [1.82, 2.24) is 14.5 Å². The van der Waals surface area contributed by atoms with Crippen LogP contribution in [0.5, 0.6) is 0 Å². The third kappa shape index (κ3) is 4.85. The molecule has 164 valence electrons. The average Bonchev–Trinajstić information content (AvgIpc) is 3.06. The highest BCUT2D eigenvalue weighted by Crippen LogP contribution is 2.26. The summed E-state index contributed by atoms with van der Waals surface area (Å²) in [5, 5.41) is 0.384. The molecule has 0 spiro atoms. The SMILES string of the molecule is Cc1sc2nc(CSC(C)C(=O)n3ccccc3=NC3CCCCC3)[nH]c(=O)c2c1C. The number of fused-ring (bicyclic) bond motifs is 1. The Morgan fingerprint density at radius 2 is 2.10 bits per heavy atom. The van der Waals surface area contributed by atoms with E-state index in [1.54, 1.807) is 10.8 Å². The fourth-order valence-electron chi connectivity index (χ4n) is 3.96. The number of H-pyrrole nitrogens is 1. The van der Waals surface area contributed by atoms with Crippen molar-refractivity contribution in [2.45, 2.75) is 69.9 Å². The third-order valence-electron chi connectivity index (χ3n) is 5.87. The molecule has 4 rings (SSSR count). The monoisotopic (exact) mass is 456 g/mol. The highest BCUT2D eigenvalue weighted by Gasteiger charge is 2.19. The highest BCUT2D eigenvalue weighted by molar-refractivity contribution is 7.99. The van der Waals surface area contributed by atoms with Crippen molar-refractivity contribution in [3.8, 4) is 0 Å². The number of carbonyl (C=O) groups is 1. The van der Waals surface area contributed by atoms with Crippen molar-refractivity contribution in [1.29, 1.82) is 0 Å². The molecule has 8 heteroatoms. The van der Waals surface area contributed by atoms with Gasteiger partial charge >= 0.3 is 0 Å². The molecular weight excluding hydrogens is 428 g/mol. The van der Waals surface area contributed by atoms with E-state index in [9.17, 15) is 9.59 Å². The van der Waals surface area contributed by atoms with Crippen LogP contribution in [-0.2, 0) is 5.75 Å². The quantitative estimate of drug-likeness (QED) is 0.608. The number of nitrogens with zero attached hydrogens (tertiary/aromatic N) is 3. The predicted octanol–water partition coefficient (Wildman–Crippen LogP) is 4.60. The minimum absolute atomic E-state index is 0.00797. The summed E-state index contributed by atoms with van der Waals surface area (Å²) in [6.07, 6.45) is 7.68. The topological polar surface area (TPSA) is 80.1 Å². The van der Waals surface area contributed by atoms with Crippen LogP contribution < -0.4 is 11.0 Å². The van der Waals surface area contributed by atoms with Crippen molar-refractivity contribution >= 4 is 39.2 Å². The van der Waals surface area contributed by atoms with Gasteiger partial charge in [0.2, 0.25) is 5.91 Å². The minimum atomic E-state index is -0.291. The maximum atomic E-state index is 13.1. The molecule has 3 aromatic heterocycles. The molecule has 0 aromatic carbocycles. The molecule has 31 heavy (non-hydrogen) atoms. The van der Waals surface area contributed by atoms with Gasteiger partial charge in [-0.25, -0.2) is 4.98 Å². The number of rotatable bonds is 5. The van der Waals surface area contributed by atoms with Gasteiger partial charge in [0.1, 0.15) is 16.1 Å². The first kappa shape index (κ1) is 22.0. The van der Waals surface area contributed by atoms with E-state index in [2.05, 4.69) is 9.97 Å². The number of carbonyl (C=O) groups excluding carboxylic acids is 1. The summed E-state index contributed by atoms with van der Waals surface area (Å²) in [6.45, 7) is 5.85. The van der Waals surface area contributed by atoms with Gasteiger partial charge in [-0.15, -0.1) is 23.1 Å². The first-order valence-electron chi connectivity index (χ1n) is 10.8. The second-order valence-corrected chi connectivity index (χ2v) is 10.6. The number of aromatic nitrogens is 3. The van der Waals surface area contributed by atoms with E-state index >= 15 is 0 Å². The summed E-state index contributed by atoms with van der Waals surface area (Å²) in [6, 6.07) is 6.01. The molecule has 1 fully saturated rings. The van der Waals surface area contributed by atoms with Gasteiger partial charge in [0.05, 0.1) is 22.4 Å². The number of thioether (sulfide) groups is 1. The number of aryl methyl sites for hydroxylation is 2. The number of aromatic amines is 1. The molecule has 1 atom stereocenters. The van der Waals surface area contributed by atoms with E-state index in [0.29, 0.717) is 23.0 Å². The lowest BCUT2D eigenvalue weighted by Crippen LogP contribution is -2.33. The number of hydrogen-bond acceptors (Lipinski definition) is 6. The Bertz CT molecular complexity index is 1220. The van der Waals surface area contributed by atoms with Crippen molar-refractivity contribution < 1.29 is 4.79 Å². The van der Waals surface area contributed by atoms with Crippen LogP contribution in [0.25, 0.3) is 10.2 Å². The predicted molar refractivity (Wildman–Crippen MR) is 128 cm³/mol. The molecular formula is C23H28N4O2S2. The summed E-state index contributed by atoms with van der Waals surface area (Å²) in [5.74, 6) is 1.07. The zero-order chi connectivity index (χ0) is 22.0. The first-order chi connectivity index (χ1) is 14.9. The number of pyridine rings is 1. The Labute approximate surface area is 189 Å². The molecule has 0 radical (unpaired) electrons. The van der Waals surface area contributed by atoms with Crippen LogP contribution in [0.1, 0.15) is 60.1 Å². The largest absolute Gasteiger partial charge is 0.309 e. The second-order valence-electron chi connectivity index (χ2n) is 8.12. The maximum Gasteiger partial charge on any atom is 0.259 e. The number of hydrogen-bond donors (Lipinski definition) is 1. The standard InChI is InChI=1S/C23H28N4O2S2/c1-14-15(2)31-22-20(14)21(28)25-18(26-22)13-30-16(3)23(29)27-12-8-7-11-19(27)24-17-9-5-4-6-10-17/h7-8,11-12,16-17H,4-6,9-10,13H2,1-3H3,(H,25,26,28). The maximum absolute atomic E-state index is 13.1. The first-order valence-corrected chi connectivity index (χ1v) is 12.7. The summed E-state index contributed by atoms with van der Waals surface area (Å²) in [7, 11) is 0. The molecule has 0 saturated heterocycles. The Balaban J connectivity index is 1.50. The lowest BCUT2D eigenvalue weighted by molar-refractivity contribution is 0.0909. The Hall–Kier alpha value is -2.19. The second kappa shape index (κ2) is 9.53. The van der Waals surface area contributed by atoms with Crippen molar-refractivity contribution in [2.75, 3.05) is 0 Å². The molecule has 0 bridgehead atoms. The average molecular weight is 457 g/mol. The van der Waals surface area contributed by atoms with Crippen LogP contribution in [0, 0.1) is 13.8 Å². The lowest BCUT2D eigenvalue weighted by atomic mass is 9.96. The highest BCUT2D eigenvalue weighted by atomic mass is 32.2. The summed E-state index contributed by atoms with van der Waals surface area (Å²) >= 11 is 3.01. The van der Waals surface area contributed by atoms with Crippen molar-refractivity contribution in [2.24, 2.45) is 4.99 Å². The fraction of sp³-hybridized carbons (Fsp3) is 0.478. The summed E-state index contributed by atoms with van der Waals surface area (Å²) in [4.78, 5) is 39.9. The molecule has 1 unspecified atom stereocenters. The van der Waals surface area contributed by atoms with E-state index in [0.717, 1.165) is 33.6 Å². The zero-order valence-corrected chi connectivity index (χ0v) is 19.8. The van der Waals surface area contributed by atoms with Crippen LogP contribution >= 0.6 is 23.1 Å². The Morgan fingerprint density at radius 3 is 2.87 bits per heavy atom. The van der Waals surface area contributed by atoms with Gasteiger partial charge in [0, 0.05) is 11.1 Å². The van der Waals surface area contributed by atoms with Crippen LogP contribution in [0.2, 0.25) is 0 Å². The van der Waals surface area contributed by atoms with Crippen molar-refractivity contribution in [3.05, 3.63) is 56.5 Å². The molecule has 6 nitrogen and oxygen atoms in total. The fourth-order valence-corrected chi connectivity index (χ4v) is 5.81. The van der Waals surface area contributed by atoms with Crippen molar-refractivity contribution in [3.63, 3.8) is 0 Å². The Kier molecular flexibility index (Phi) is 6.77. The molecule has 1 aliphatic rings. The van der Waals surface area contributed by atoms with Gasteiger partial charge in [-0.3, -0.25) is 19.1 Å². The van der Waals surface area contributed by atoms with Crippen LogP contribution in [-0.4, -0.2) is 31.7 Å². The molecule has 1 saturated carbocycles. The summed E-state index contributed by atoms with van der Waals surface area (Å²) in [5.41, 5.74) is 1.61. The van der Waals surface area contributed by atoms with E-state index in [4.69, 9.17) is 4.99 Å². The Morgan fingerprint density at radius 1 is 1.32 bits per heavy atom. The number of nitrogens with one attached hydrogen (secondary N) is 1. The zero-order valence-electron chi connectivity index (χ0n) is 18.2. The van der Waals surface area contributed by atoms with Gasteiger partial charge in [-0.05, 0) is 51.3 Å².